The average Bonchev–Trinajstić information content (AvgIpc) is 2.36. The molecule has 0 amide bonds. The monoisotopic (exact) mass is 318 g/mol. The van der Waals surface area contributed by atoms with Crippen molar-refractivity contribution in [2.45, 2.75) is 6.92 Å². The van der Waals surface area contributed by atoms with Crippen LogP contribution in [0.3, 0.4) is 0 Å². The summed E-state index contributed by atoms with van der Waals surface area (Å²) in [5.41, 5.74) is 2.48. The second-order valence-corrected chi connectivity index (χ2v) is 4.76. The summed E-state index contributed by atoms with van der Waals surface area (Å²) in [5, 5.41) is 8.62. The Kier molecular flexibility index (Phi) is 4.06. The van der Waals surface area contributed by atoms with Gasteiger partial charge in [0.25, 0.3) is 0 Å². The topological polar surface area (TPSA) is 63.1 Å². The number of hydrogen-bond acceptors (Lipinski definition) is 3. The predicted molar refractivity (Wildman–Crippen MR) is 76.6 cm³/mol. The van der Waals surface area contributed by atoms with Gasteiger partial charge in [0.1, 0.15) is 0 Å². The summed E-state index contributed by atoms with van der Waals surface area (Å²) >= 11 is 3.47. The molecule has 0 aliphatic rings. The first-order valence-electron chi connectivity index (χ1n) is 5.58. The molecule has 0 unspecified atom stereocenters. The number of hydrogen-bond donors (Lipinski definition) is 1. The fourth-order valence-corrected chi connectivity index (χ4v) is 2.11. The van der Waals surface area contributed by atoms with Gasteiger partial charge in [0.05, 0.1) is 5.69 Å². The highest BCUT2D eigenvalue weighted by Gasteiger charge is 2.06. The first kappa shape index (κ1) is 13.4. The van der Waals surface area contributed by atoms with Crippen LogP contribution in [-0.2, 0) is 4.79 Å². The van der Waals surface area contributed by atoms with Crippen molar-refractivity contribution < 1.29 is 9.90 Å². The maximum Gasteiger partial charge on any atom is 0.328 e. The van der Waals surface area contributed by atoms with E-state index in [-0.39, 0.29) is 0 Å². The highest BCUT2D eigenvalue weighted by molar-refractivity contribution is 9.10. The summed E-state index contributed by atoms with van der Waals surface area (Å²) < 4.78 is 0.932. The molecule has 0 aliphatic carbocycles. The number of halogens is 1. The van der Waals surface area contributed by atoms with Gasteiger partial charge in [-0.1, -0.05) is 34.1 Å². The molecule has 2 aromatic rings. The molecule has 0 saturated heterocycles. The number of aromatic nitrogens is 2. The SMILES string of the molecule is Cc1cc(-c2ccccc2Br)nc(/C=C/C(=O)O)n1. The summed E-state index contributed by atoms with van der Waals surface area (Å²) in [6.07, 6.45) is 2.41. The molecule has 1 aromatic carbocycles. The molecule has 0 aliphatic heterocycles. The molecule has 2 rings (SSSR count). The van der Waals surface area contributed by atoms with Crippen LogP contribution in [0.5, 0.6) is 0 Å². The first-order chi connectivity index (χ1) is 9.06. The van der Waals surface area contributed by atoms with Crippen LogP contribution in [0.2, 0.25) is 0 Å². The standard InChI is InChI=1S/C14H11BrN2O2/c1-9-8-12(10-4-2-3-5-11(10)15)17-13(16-9)6-7-14(18)19/h2-8H,1H3,(H,18,19)/b7-6+. The molecule has 1 N–H and O–H groups in total. The molecule has 0 bridgehead atoms. The van der Waals surface area contributed by atoms with Gasteiger partial charge in [-0.25, -0.2) is 14.8 Å². The zero-order valence-electron chi connectivity index (χ0n) is 10.2. The number of aliphatic carboxylic acids is 1. The van der Waals surface area contributed by atoms with E-state index < -0.39 is 5.97 Å². The predicted octanol–water partition coefficient (Wildman–Crippen LogP) is 3.31. The minimum atomic E-state index is -1.02. The Morgan fingerprint density at radius 2 is 2.05 bits per heavy atom. The van der Waals surface area contributed by atoms with Gasteiger partial charge in [-0.15, -0.1) is 0 Å². The van der Waals surface area contributed by atoms with Crippen LogP contribution >= 0.6 is 15.9 Å². The lowest BCUT2D eigenvalue weighted by Crippen LogP contribution is -1.96. The van der Waals surface area contributed by atoms with Gasteiger partial charge >= 0.3 is 5.97 Å². The molecule has 0 radical (unpaired) electrons. The largest absolute Gasteiger partial charge is 0.478 e. The van der Waals surface area contributed by atoms with Gasteiger partial charge in [0.15, 0.2) is 5.82 Å². The number of carbonyl (C=O) groups is 1. The van der Waals surface area contributed by atoms with Crippen LogP contribution < -0.4 is 0 Å². The van der Waals surface area contributed by atoms with Gasteiger partial charge in [-0.3, -0.25) is 0 Å². The number of carboxylic acids is 1. The maximum absolute atomic E-state index is 10.5. The number of nitrogens with zero attached hydrogens (tertiary/aromatic N) is 2. The summed E-state index contributed by atoms with van der Waals surface area (Å²) in [4.78, 5) is 19.0. The van der Waals surface area contributed by atoms with Crippen LogP contribution in [0.1, 0.15) is 11.5 Å². The summed E-state index contributed by atoms with van der Waals surface area (Å²) in [6, 6.07) is 9.57. The summed E-state index contributed by atoms with van der Waals surface area (Å²) in [5.74, 6) is -0.638. The molecular weight excluding hydrogens is 308 g/mol. The van der Waals surface area contributed by atoms with E-state index in [1.54, 1.807) is 0 Å². The lowest BCUT2D eigenvalue weighted by atomic mass is 10.1. The van der Waals surface area contributed by atoms with E-state index >= 15 is 0 Å². The highest BCUT2D eigenvalue weighted by Crippen LogP contribution is 2.26. The van der Waals surface area contributed by atoms with Gasteiger partial charge in [-0.2, -0.15) is 0 Å². The molecule has 4 nitrogen and oxygen atoms in total. The van der Waals surface area contributed by atoms with Gasteiger partial charge in [-0.05, 0) is 25.1 Å². The van der Waals surface area contributed by atoms with Crippen molar-refractivity contribution in [2.75, 3.05) is 0 Å². The molecule has 1 aromatic heterocycles. The zero-order chi connectivity index (χ0) is 13.8. The average molecular weight is 319 g/mol. The molecule has 1 heterocycles. The minimum absolute atomic E-state index is 0.383. The van der Waals surface area contributed by atoms with E-state index in [0.29, 0.717) is 5.82 Å². The molecule has 19 heavy (non-hydrogen) atoms. The normalized spacial score (nSPS) is 10.8. The Morgan fingerprint density at radius 3 is 2.74 bits per heavy atom. The highest BCUT2D eigenvalue weighted by atomic mass is 79.9. The van der Waals surface area contributed by atoms with Crippen molar-refractivity contribution in [3.05, 3.63) is 52.4 Å². The van der Waals surface area contributed by atoms with Crippen molar-refractivity contribution in [1.82, 2.24) is 9.97 Å². The van der Waals surface area contributed by atoms with Crippen LogP contribution in [0, 0.1) is 6.92 Å². The van der Waals surface area contributed by atoms with E-state index in [9.17, 15) is 4.79 Å². The van der Waals surface area contributed by atoms with E-state index in [1.807, 2.05) is 37.3 Å². The Hall–Kier alpha value is -2.01. The molecule has 0 spiro atoms. The van der Waals surface area contributed by atoms with E-state index in [0.717, 1.165) is 27.5 Å². The molecule has 0 fully saturated rings. The second kappa shape index (κ2) is 5.75. The molecule has 0 saturated carbocycles. The fraction of sp³-hybridized carbons (Fsp3) is 0.0714. The van der Waals surface area contributed by atoms with Crippen LogP contribution in [-0.4, -0.2) is 21.0 Å². The van der Waals surface area contributed by atoms with Crippen molar-refractivity contribution in [3.8, 4) is 11.3 Å². The molecule has 96 valence electrons. The Morgan fingerprint density at radius 1 is 1.32 bits per heavy atom. The third kappa shape index (κ3) is 3.48. The summed E-state index contributed by atoms with van der Waals surface area (Å²) in [6.45, 7) is 1.85. The van der Waals surface area contributed by atoms with E-state index in [4.69, 9.17) is 5.11 Å². The summed E-state index contributed by atoms with van der Waals surface area (Å²) in [7, 11) is 0. The Balaban J connectivity index is 2.48. The van der Waals surface area contributed by atoms with E-state index in [2.05, 4.69) is 25.9 Å². The molecule has 0 atom stereocenters. The number of benzene rings is 1. The third-order valence-electron chi connectivity index (χ3n) is 2.40. The number of carboxylic acid groups (broad SMARTS) is 1. The maximum atomic E-state index is 10.5. The van der Waals surface area contributed by atoms with Gasteiger partial charge < -0.3 is 5.11 Å². The van der Waals surface area contributed by atoms with Gasteiger partial charge in [0, 0.05) is 21.8 Å². The number of aryl methyl sites for hydroxylation is 1. The number of rotatable bonds is 3. The van der Waals surface area contributed by atoms with Crippen molar-refractivity contribution in [2.24, 2.45) is 0 Å². The van der Waals surface area contributed by atoms with Crippen molar-refractivity contribution in [3.63, 3.8) is 0 Å². The third-order valence-corrected chi connectivity index (χ3v) is 3.09. The lowest BCUT2D eigenvalue weighted by Gasteiger charge is -2.05. The smallest absolute Gasteiger partial charge is 0.328 e. The van der Waals surface area contributed by atoms with Crippen molar-refractivity contribution in [1.29, 1.82) is 0 Å². The van der Waals surface area contributed by atoms with E-state index in [1.165, 1.54) is 6.08 Å². The quantitative estimate of drug-likeness (QED) is 0.882. The Labute approximate surface area is 119 Å². The molecule has 5 heteroatoms. The van der Waals surface area contributed by atoms with Crippen LogP contribution in [0.25, 0.3) is 17.3 Å². The van der Waals surface area contributed by atoms with Crippen molar-refractivity contribution >= 4 is 28.0 Å². The zero-order valence-corrected chi connectivity index (χ0v) is 11.8. The second-order valence-electron chi connectivity index (χ2n) is 3.90. The fourth-order valence-electron chi connectivity index (χ4n) is 1.62. The molecular formula is C14H11BrN2O2. The Bertz CT molecular complexity index is 654. The van der Waals surface area contributed by atoms with Crippen LogP contribution in [0.15, 0.2) is 40.9 Å². The lowest BCUT2D eigenvalue weighted by molar-refractivity contribution is -0.131. The minimum Gasteiger partial charge on any atom is -0.478 e. The van der Waals surface area contributed by atoms with Crippen LogP contribution in [0.4, 0.5) is 0 Å². The van der Waals surface area contributed by atoms with Gasteiger partial charge in [0.2, 0.25) is 0 Å². The first-order valence-corrected chi connectivity index (χ1v) is 6.37.